The van der Waals surface area contributed by atoms with Crippen molar-refractivity contribution in [1.82, 2.24) is 15.0 Å². The van der Waals surface area contributed by atoms with E-state index in [-0.39, 0.29) is 11.5 Å². The second kappa shape index (κ2) is 5.49. The number of carbonyl (C=O) groups is 1. The minimum atomic E-state index is -0.719. The molecule has 1 amide bonds. The highest BCUT2D eigenvalue weighted by atomic mass is 79.9. The number of hydrogen-bond donors (Lipinski definition) is 1. The molecule has 2 heterocycles. The Labute approximate surface area is 118 Å². The van der Waals surface area contributed by atoms with E-state index in [1.54, 1.807) is 0 Å². The third kappa shape index (κ3) is 3.08. The largest absolute Gasteiger partial charge is 0.303 e. The molecular formula is C10H5Br2FN4O. The first-order valence-corrected chi connectivity index (χ1v) is 6.27. The lowest BCUT2D eigenvalue weighted by atomic mass is 10.3. The van der Waals surface area contributed by atoms with Gasteiger partial charge in [-0.25, -0.2) is 15.0 Å². The maximum atomic E-state index is 12.9. The molecular weight excluding hydrogens is 371 g/mol. The first-order valence-electron chi connectivity index (χ1n) is 4.68. The molecule has 2 aromatic rings. The second-order valence-corrected chi connectivity index (χ2v) is 4.70. The van der Waals surface area contributed by atoms with Crippen molar-refractivity contribution >= 4 is 43.6 Å². The number of rotatable bonds is 2. The molecule has 0 atom stereocenters. The summed E-state index contributed by atoms with van der Waals surface area (Å²) in [5, 5.41) is 2.47. The van der Waals surface area contributed by atoms with E-state index in [1.807, 2.05) is 0 Å². The Morgan fingerprint density at radius 3 is 2.72 bits per heavy atom. The highest BCUT2D eigenvalue weighted by Gasteiger charge is 2.12. The van der Waals surface area contributed by atoms with Gasteiger partial charge >= 0.3 is 0 Å². The Kier molecular flexibility index (Phi) is 3.97. The number of nitrogens with zero attached hydrogens (tertiary/aromatic N) is 3. The molecule has 0 saturated heterocycles. The third-order valence-corrected chi connectivity index (χ3v) is 2.82. The van der Waals surface area contributed by atoms with Crippen molar-refractivity contribution in [3.8, 4) is 0 Å². The molecule has 0 aliphatic carbocycles. The van der Waals surface area contributed by atoms with Crippen LogP contribution in [0.2, 0.25) is 0 Å². The Balaban J connectivity index is 2.21. The smallest absolute Gasteiger partial charge is 0.275 e. The third-order valence-electron chi connectivity index (χ3n) is 1.88. The van der Waals surface area contributed by atoms with Gasteiger partial charge < -0.3 is 5.32 Å². The van der Waals surface area contributed by atoms with Crippen molar-refractivity contribution in [2.45, 2.75) is 0 Å². The summed E-state index contributed by atoms with van der Waals surface area (Å²) in [6, 6.07) is 3.96. The zero-order valence-corrected chi connectivity index (χ0v) is 11.9. The number of anilines is 1. The van der Waals surface area contributed by atoms with Crippen molar-refractivity contribution in [3.63, 3.8) is 0 Å². The molecule has 0 bridgehead atoms. The van der Waals surface area contributed by atoms with E-state index in [4.69, 9.17) is 0 Å². The molecule has 2 rings (SSSR count). The maximum absolute atomic E-state index is 12.9. The molecule has 0 saturated carbocycles. The van der Waals surface area contributed by atoms with Crippen LogP contribution in [0.15, 0.2) is 33.6 Å². The van der Waals surface area contributed by atoms with E-state index < -0.39 is 11.9 Å². The number of nitrogens with one attached hydrogen (secondary N) is 1. The van der Waals surface area contributed by atoms with Gasteiger partial charge in [0.05, 0.1) is 6.20 Å². The van der Waals surface area contributed by atoms with Gasteiger partial charge in [-0.3, -0.25) is 4.79 Å². The quantitative estimate of drug-likeness (QED) is 0.819. The molecule has 8 heteroatoms. The van der Waals surface area contributed by atoms with Gasteiger partial charge in [0.1, 0.15) is 14.9 Å². The number of halogens is 3. The summed E-state index contributed by atoms with van der Waals surface area (Å²) in [7, 11) is 0. The molecule has 18 heavy (non-hydrogen) atoms. The van der Waals surface area contributed by atoms with Crippen LogP contribution in [0.4, 0.5) is 10.2 Å². The fraction of sp³-hybridized carbons (Fsp3) is 0. The van der Waals surface area contributed by atoms with E-state index in [9.17, 15) is 9.18 Å². The zero-order chi connectivity index (χ0) is 13.1. The van der Waals surface area contributed by atoms with Crippen LogP contribution in [-0.4, -0.2) is 20.9 Å². The van der Waals surface area contributed by atoms with Crippen LogP contribution >= 0.6 is 31.9 Å². The Bertz CT molecular complexity index is 608. The highest BCUT2D eigenvalue weighted by Crippen LogP contribution is 2.19. The Hall–Kier alpha value is -1.41. The normalized spacial score (nSPS) is 10.2. The van der Waals surface area contributed by atoms with Gasteiger partial charge in [0.2, 0.25) is 5.95 Å². The highest BCUT2D eigenvalue weighted by molar-refractivity contribution is 9.11. The first-order chi connectivity index (χ1) is 8.56. The molecule has 2 aromatic heterocycles. The van der Waals surface area contributed by atoms with Crippen LogP contribution in [-0.2, 0) is 0 Å². The number of pyridine rings is 1. The molecule has 0 aliphatic heterocycles. The Morgan fingerprint density at radius 1 is 1.28 bits per heavy atom. The van der Waals surface area contributed by atoms with Gasteiger partial charge in [0.25, 0.3) is 5.91 Å². The lowest BCUT2D eigenvalue weighted by Crippen LogP contribution is -2.15. The summed E-state index contributed by atoms with van der Waals surface area (Å²) in [5.74, 6) is -1.05. The van der Waals surface area contributed by atoms with Crippen LogP contribution in [0.3, 0.4) is 0 Å². The van der Waals surface area contributed by atoms with Crippen LogP contribution in [0, 0.1) is 5.95 Å². The monoisotopic (exact) mass is 374 g/mol. The predicted octanol–water partition coefficient (Wildman–Crippen LogP) is 2.79. The van der Waals surface area contributed by atoms with Crippen molar-refractivity contribution < 1.29 is 9.18 Å². The SMILES string of the molecule is O=C(Nc1ncc(Br)nc1Br)c1cccc(F)n1. The average Bonchev–Trinajstić information content (AvgIpc) is 2.32. The average molecular weight is 376 g/mol. The van der Waals surface area contributed by atoms with Gasteiger partial charge in [-0.1, -0.05) is 6.07 Å². The number of hydrogen-bond acceptors (Lipinski definition) is 4. The van der Waals surface area contributed by atoms with Crippen molar-refractivity contribution in [1.29, 1.82) is 0 Å². The molecule has 92 valence electrons. The van der Waals surface area contributed by atoms with E-state index in [2.05, 4.69) is 52.1 Å². The number of aromatic nitrogens is 3. The van der Waals surface area contributed by atoms with Crippen molar-refractivity contribution in [2.24, 2.45) is 0 Å². The molecule has 5 nitrogen and oxygen atoms in total. The molecule has 0 aliphatic rings. The van der Waals surface area contributed by atoms with Gasteiger partial charge in [-0.2, -0.15) is 4.39 Å². The lowest BCUT2D eigenvalue weighted by Gasteiger charge is -2.05. The lowest BCUT2D eigenvalue weighted by molar-refractivity contribution is 0.102. The van der Waals surface area contributed by atoms with Crippen molar-refractivity contribution in [3.05, 3.63) is 45.2 Å². The van der Waals surface area contributed by atoms with E-state index >= 15 is 0 Å². The molecule has 0 aromatic carbocycles. The van der Waals surface area contributed by atoms with Crippen LogP contribution in [0.5, 0.6) is 0 Å². The van der Waals surface area contributed by atoms with E-state index in [0.29, 0.717) is 9.21 Å². The van der Waals surface area contributed by atoms with Gasteiger partial charge in [-0.15, -0.1) is 0 Å². The molecule has 0 radical (unpaired) electrons. The second-order valence-electron chi connectivity index (χ2n) is 3.13. The fourth-order valence-corrected chi connectivity index (χ4v) is 2.05. The summed E-state index contributed by atoms with van der Waals surface area (Å²) in [6.45, 7) is 0. The summed E-state index contributed by atoms with van der Waals surface area (Å²) in [4.78, 5) is 23.2. The summed E-state index contributed by atoms with van der Waals surface area (Å²) in [5.41, 5.74) is -0.0355. The van der Waals surface area contributed by atoms with Crippen LogP contribution in [0.25, 0.3) is 0 Å². The summed E-state index contributed by atoms with van der Waals surface area (Å²) < 4.78 is 13.8. The molecule has 0 fully saturated rings. The molecule has 1 N–H and O–H groups in total. The fourth-order valence-electron chi connectivity index (χ4n) is 1.14. The van der Waals surface area contributed by atoms with E-state index in [1.165, 1.54) is 18.3 Å². The van der Waals surface area contributed by atoms with Gasteiger partial charge in [0.15, 0.2) is 5.82 Å². The number of carbonyl (C=O) groups excluding carboxylic acids is 1. The maximum Gasteiger partial charge on any atom is 0.275 e. The topological polar surface area (TPSA) is 67.8 Å². The van der Waals surface area contributed by atoms with Crippen LogP contribution in [0.1, 0.15) is 10.5 Å². The summed E-state index contributed by atoms with van der Waals surface area (Å²) in [6.07, 6.45) is 1.43. The zero-order valence-electron chi connectivity index (χ0n) is 8.69. The first kappa shape index (κ1) is 13.0. The molecule has 0 unspecified atom stereocenters. The number of amides is 1. The van der Waals surface area contributed by atoms with E-state index in [0.717, 1.165) is 6.07 Å². The minimum absolute atomic E-state index is 0.0355. The predicted molar refractivity (Wildman–Crippen MR) is 69.6 cm³/mol. The minimum Gasteiger partial charge on any atom is -0.303 e. The standard InChI is InChI=1S/C10H5Br2FN4O/c11-6-4-14-9(8(12)16-6)17-10(18)5-2-1-3-7(13)15-5/h1-4H,(H,14,17,18). The van der Waals surface area contributed by atoms with Crippen molar-refractivity contribution in [2.75, 3.05) is 5.32 Å². The summed E-state index contributed by atoms with van der Waals surface area (Å²) >= 11 is 6.29. The van der Waals surface area contributed by atoms with Crippen LogP contribution < -0.4 is 5.32 Å². The molecule has 0 spiro atoms. The Morgan fingerprint density at radius 2 is 2.06 bits per heavy atom. The van der Waals surface area contributed by atoms with Gasteiger partial charge in [0, 0.05) is 0 Å². The van der Waals surface area contributed by atoms with Gasteiger partial charge in [-0.05, 0) is 44.0 Å².